The Bertz CT molecular complexity index is 1190. The van der Waals surface area contributed by atoms with Crippen LogP contribution < -0.4 is 4.72 Å². The van der Waals surface area contributed by atoms with Gasteiger partial charge in [0.15, 0.2) is 0 Å². The van der Waals surface area contributed by atoms with E-state index in [2.05, 4.69) is 4.72 Å². The van der Waals surface area contributed by atoms with E-state index in [4.69, 9.17) is 0 Å². The van der Waals surface area contributed by atoms with E-state index in [-0.39, 0.29) is 21.2 Å². The highest BCUT2D eigenvalue weighted by Crippen LogP contribution is 2.26. The van der Waals surface area contributed by atoms with Crippen LogP contribution in [0, 0.1) is 0 Å². The summed E-state index contributed by atoms with van der Waals surface area (Å²) in [5.74, 6) is 0. The van der Waals surface area contributed by atoms with E-state index in [0.29, 0.717) is 18.4 Å². The molecule has 0 aliphatic rings. The first-order chi connectivity index (χ1) is 14.3. The molecule has 0 radical (unpaired) electrons. The van der Waals surface area contributed by atoms with Crippen molar-refractivity contribution >= 4 is 19.9 Å². The van der Waals surface area contributed by atoms with E-state index in [0.717, 1.165) is 12.0 Å². The van der Waals surface area contributed by atoms with E-state index in [1.54, 1.807) is 24.3 Å². The topological polar surface area (TPSA) is 80.3 Å². The molecule has 0 saturated carbocycles. The number of hydrogen-bond acceptors (Lipinski definition) is 4. The van der Waals surface area contributed by atoms with Crippen LogP contribution in [0.3, 0.4) is 0 Å². The Labute approximate surface area is 178 Å². The molecule has 0 unspecified atom stereocenters. The zero-order valence-electron chi connectivity index (χ0n) is 16.8. The number of aryl methyl sites for hydroxylation is 2. The second-order valence-electron chi connectivity index (χ2n) is 6.93. The number of sulfonamides is 1. The molecule has 0 spiro atoms. The van der Waals surface area contributed by atoms with Gasteiger partial charge in [-0.3, -0.25) is 0 Å². The smallest absolute Gasteiger partial charge is 0.219 e. The molecule has 7 heteroatoms. The molecule has 0 saturated heterocycles. The molecule has 5 nitrogen and oxygen atoms in total. The molecule has 0 aliphatic heterocycles. The van der Waals surface area contributed by atoms with Gasteiger partial charge in [0, 0.05) is 6.54 Å². The SMILES string of the molecule is CCc1ccc(S(=O)(=O)c2ccccc2)cc1S(=O)(=O)NCCCc1ccccc1. The minimum atomic E-state index is -3.84. The van der Waals surface area contributed by atoms with Crippen molar-refractivity contribution in [2.24, 2.45) is 0 Å². The lowest BCUT2D eigenvalue weighted by molar-refractivity contribution is 0.577. The lowest BCUT2D eigenvalue weighted by Crippen LogP contribution is -2.26. The maximum atomic E-state index is 12.9. The maximum absolute atomic E-state index is 12.9. The largest absolute Gasteiger partial charge is 0.240 e. The fourth-order valence-electron chi connectivity index (χ4n) is 3.20. The first-order valence-electron chi connectivity index (χ1n) is 9.81. The van der Waals surface area contributed by atoms with Gasteiger partial charge in [0.1, 0.15) is 0 Å². The number of hydrogen-bond donors (Lipinski definition) is 1. The van der Waals surface area contributed by atoms with E-state index >= 15 is 0 Å². The number of sulfone groups is 1. The molecule has 158 valence electrons. The van der Waals surface area contributed by atoms with Gasteiger partial charge in [-0.15, -0.1) is 0 Å². The van der Waals surface area contributed by atoms with Crippen molar-refractivity contribution in [3.63, 3.8) is 0 Å². The second kappa shape index (κ2) is 9.55. The number of benzene rings is 3. The van der Waals surface area contributed by atoms with Crippen molar-refractivity contribution in [2.75, 3.05) is 6.54 Å². The summed E-state index contributed by atoms with van der Waals surface area (Å²) in [5.41, 5.74) is 1.72. The summed E-state index contributed by atoms with van der Waals surface area (Å²) in [6, 6.07) is 22.2. The Morgan fingerprint density at radius 2 is 1.40 bits per heavy atom. The van der Waals surface area contributed by atoms with Gasteiger partial charge in [-0.1, -0.05) is 61.5 Å². The second-order valence-corrected chi connectivity index (χ2v) is 10.6. The van der Waals surface area contributed by atoms with Crippen LogP contribution in [0.4, 0.5) is 0 Å². The third-order valence-electron chi connectivity index (χ3n) is 4.85. The highest BCUT2D eigenvalue weighted by atomic mass is 32.2. The van der Waals surface area contributed by atoms with Crippen LogP contribution in [-0.2, 0) is 32.7 Å². The summed E-state index contributed by atoms with van der Waals surface area (Å²) in [4.78, 5) is 0.116. The molecule has 0 aromatic heterocycles. The Kier molecular flexibility index (Phi) is 7.07. The normalized spacial score (nSPS) is 12.0. The van der Waals surface area contributed by atoms with Crippen LogP contribution in [0.15, 0.2) is 93.5 Å². The van der Waals surface area contributed by atoms with Gasteiger partial charge in [-0.2, -0.15) is 0 Å². The molecule has 3 aromatic rings. The molecular weight excluding hydrogens is 418 g/mol. The average Bonchev–Trinajstić information content (AvgIpc) is 2.77. The van der Waals surface area contributed by atoms with Crippen molar-refractivity contribution in [2.45, 2.75) is 40.9 Å². The quantitative estimate of drug-likeness (QED) is 0.507. The van der Waals surface area contributed by atoms with Crippen LogP contribution in [0.25, 0.3) is 0 Å². The molecule has 0 fully saturated rings. The first kappa shape index (κ1) is 22.2. The zero-order valence-corrected chi connectivity index (χ0v) is 18.4. The van der Waals surface area contributed by atoms with Crippen molar-refractivity contribution in [3.8, 4) is 0 Å². The molecular formula is C23H25NO4S2. The third-order valence-corrected chi connectivity index (χ3v) is 8.16. The molecule has 1 N–H and O–H groups in total. The minimum Gasteiger partial charge on any atom is -0.219 e. The molecule has 30 heavy (non-hydrogen) atoms. The molecule has 0 atom stereocenters. The summed E-state index contributed by atoms with van der Waals surface area (Å²) in [5, 5.41) is 0. The Balaban J connectivity index is 1.82. The number of rotatable bonds is 9. The summed E-state index contributed by atoms with van der Waals surface area (Å²) < 4.78 is 54.3. The summed E-state index contributed by atoms with van der Waals surface area (Å²) >= 11 is 0. The third kappa shape index (κ3) is 5.16. The predicted molar refractivity (Wildman–Crippen MR) is 118 cm³/mol. The fourth-order valence-corrected chi connectivity index (χ4v) is 5.99. The highest BCUT2D eigenvalue weighted by Gasteiger charge is 2.23. The summed E-state index contributed by atoms with van der Waals surface area (Å²) in [6.07, 6.45) is 1.88. The van der Waals surface area contributed by atoms with Gasteiger partial charge in [0.05, 0.1) is 14.7 Å². The molecule has 0 bridgehead atoms. The van der Waals surface area contributed by atoms with Crippen molar-refractivity contribution in [3.05, 3.63) is 90.0 Å². The van der Waals surface area contributed by atoms with E-state index in [1.165, 1.54) is 24.3 Å². The lowest BCUT2D eigenvalue weighted by Gasteiger charge is -2.13. The van der Waals surface area contributed by atoms with E-state index < -0.39 is 19.9 Å². The van der Waals surface area contributed by atoms with Crippen molar-refractivity contribution in [1.29, 1.82) is 0 Å². The molecule has 0 heterocycles. The Morgan fingerprint density at radius 3 is 2.03 bits per heavy atom. The molecule has 3 aromatic carbocycles. The van der Waals surface area contributed by atoms with Crippen molar-refractivity contribution < 1.29 is 16.8 Å². The Hall–Kier alpha value is -2.48. The van der Waals surface area contributed by atoms with Crippen LogP contribution in [0.5, 0.6) is 0 Å². The standard InChI is InChI=1S/C23H25NO4S2/c1-2-20-15-16-22(29(25,26)21-13-7-4-8-14-21)18-23(20)30(27,28)24-17-9-12-19-10-5-3-6-11-19/h3-8,10-11,13-16,18,24H,2,9,12,17H2,1H3. The molecule has 3 rings (SSSR count). The van der Waals surface area contributed by atoms with Crippen LogP contribution in [-0.4, -0.2) is 23.4 Å². The molecule has 0 aliphatic carbocycles. The van der Waals surface area contributed by atoms with Gasteiger partial charge in [-0.05, 0) is 54.7 Å². The van der Waals surface area contributed by atoms with Crippen LogP contribution in [0.1, 0.15) is 24.5 Å². The van der Waals surface area contributed by atoms with Gasteiger partial charge >= 0.3 is 0 Å². The number of nitrogens with one attached hydrogen (secondary N) is 1. The van der Waals surface area contributed by atoms with Gasteiger partial charge in [0.2, 0.25) is 19.9 Å². The summed E-state index contributed by atoms with van der Waals surface area (Å²) in [6.45, 7) is 2.12. The average molecular weight is 444 g/mol. The van der Waals surface area contributed by atoms with E-state index in [1.807, 2.05) is 37.3 Å². The van der Waals surface area contributed by atoms with Crippen LogP contribution in [0.2, 0.25) is 0 Å². The zero-order chi connectivity index (χ0) is 21.6. The van der Waals surface area contributed by atoms with Gasteiger partial charge < -0.3 is 0 Å². The highest BCUT2D eigenvalue weighted by molar-refractivity contribution is 7.91. The van der Waals surface area contributed by atoms with E-state index in [9.17, 15) is 16.8 Å². The first-order valence-corrected chi connectivity index (χ1v) is 12.8. The Morgan fingerprint density at radius 1 is 0.767 bits per heavy atom. The molecule has 0 amide bonds. The maximum Gasteiger partial charge on any atom is 0.240 e. The minimum absolute atomic E-state index is 0.0155. The lowest BCUT2D eigenvalue weighted by atomic mass is 10.1. The van der Waals surface area contributed by atoms with Gasteiger partial charge in [0.25, 0.3) is 0 Å². The fraction of sp³-hybridized carbons (Fsp3) is 0.217. The van der Waals surface area contributed by atoms with Gasteiger partial charge in [-0.25, -0.2) is 21.6 Å². The van der Waals surface area contributed by atoms with Crippen molar-refractivity contribution in [1.82, 2.24) is 4.72 Å². The summed E-state index contributed by atoms with van der Waals surface area (Å²) in [7, 11) is -7.64. The van der Waals surface area contributed by atoms with Crippen LogP contribution >= 0.6 is 0 Å². The predicted octanol–water partition coefficient (Wildman–Crippen LogP) is 3.99. The monoisotopic (exact) mass is 443 g/mol.